The van der Waals surface area contributed by atoms with Crippen LogP contribution in [0.1, 0.15) is 52.9 Å². The Kier molecular flexibility index (Phi) is 1.97. The molecule has 0 nitrogen and oxygen atoms in total. The quantitative estimate of drug-likeness (QED) is 0.597. The Hall–Kier alpha value is 0. The Labute approximate surface area is 76.7 Å². The Morgan fingerprint density at radius 2 is 1.92 bits per heavy atom. The maximum absolute atomic E-state index is 2.50. The van der Waals surface area contributed by atoms with E-state index >= 15 is 0 Å². The summed E-state index contributed by atoms with van der Waals surface area (Å²) in [6.07, 6.45) is 7.51. The first kappa shape index (κ1) is 8.59. The Balaban J connectivity index is 1.74. The Morgan fingerprint density at radius 3 is 2.33 bits per heavy atom. The molecule has 0 heteroatoms. The minimum Gasteiger partial charge on any atom is -0.0651 e. The first-order valence-electron chi connectivity index (χ1n) is 5.63. The summed E-state index contributed by atoms with van der Waals surface area (Å²) in [4.78, 5) is 0. The summed E-state index contributed by atoms with van der Waals surface area (Å²) in [5.41, 5.74) is 0.760. The van der Waals surface area contributed by atoms with E-state index in [1.54, 1.807) is 0 Å². The van der Waals surface area contributed by atoms with Crippen molar-refractivity contribution in [1.29, 1.82) is 0 Å². The average Bonchev–Trinajstić information content (AvgIpc) is 2.61. The molecule has 0 amide bonds. The minimum absolute atomic E-state index is 0.760. The van der Waals surface area contributed by atoms with Crippen LogP contribution < -0.4 is 0 Å². The number of hydrogen-bond donors (Lipinski definition) is 0. The van der Waals surface area contributed by atoms with Crippen molar-refractivity contribution in [3.63, 3.8) is 0 Å². The van der Waals surface area contributed by atoms with Gasteiger partial charge in [0.1, 0.15) is 0 Å². The molecule has 0 spiro atoms. The molecular weight excluding hydrogens is 144 g/mol. The van der Waals surface area contributed by atoms with Gasteiger partial charge in [0, 0.05) is 0 Å². The highest BCUT2D eigenvalue weighted by molar-refractivity contribution is 4.95. The van der Waals surface area contributed by atoms with Crippen LogP contribution in [-0.4, -0.2) is 0 Å². The zero-order valence-corrected chi connectivity index (χ0v) is 8.77. The minimum atomic E-state index is 0.760. The van der Waals surface area contributed by atoms with Gasteiger partial charge >= 0.3 is 0 Å². The van der Waals surface area contributed by atoms with Crippen molar-refractivity contribution in [1.82, 2.24) is 0 Å². The summed E-state index contributed by atoms with van der Waals surface area (Å²) in [6, 6.07) is 0. The smallest absolute Gasteiger partial charge is 0.0318 e. The molecule has 2 unspecified atom stereocenters. The third kappa shape index (κ3) is 1.53. The topological polar surface area (TPSA) is 0 Å². The van der Waals surface area contributed by atoms with Crippen molar-refractivity contribution in [2.45, 2.75) is 52.9 Å². The van der Waals surface area contributed by atoms with E-state index in [-0.39, 0.29) is 0 Å². The molecule has 0 radical (unpaired) electrons. The molecule has 0 aliphatic heterocycles. The largest absolute Gasteiger partial charge is 0.0651 e. The van der Waals surface area contributed by atoms with Crippen molar-refractivity contribution in [2.24, 2.45) is 23.2 Å². The predicted octanol–water partition coefficient (Wildman–Crippen LogP) is 3.86. The summed E-state index contributed by atoms with van der Waals surface area (Å²) >= 11 is 0. The van der Waals surface area contributed by atoms with E-state index in [0.29, 0.717) is 0 Å². The lowest BCUT2D eigenvalue weighted by Gasteiger charge is -2.45. The lowest BCUT2D eigenvalue weighted by molar-refractivity contribution is 0.0553. The molecule has 70 valence electrons. The molecule has 2 fully saturated rings. The summed E-state index contributed by atoms with van der Waals surface area (Å²) in [7, 11) is 0. The van der Waals surface area contributed by atoms with Crippen LogP contribution in [0.25, 0.3) is 0 Å². The molecular formula is C12H22. The van der Waals surface area contributed by atoms with Crippen LogP contribution >= 0.6 is 0 Å². The van der Waals surface area contributed by atoms with Gasteiger partial charge in [0.25, 0.3) is 0 Å². The lowest BCUT2D eigenvalue weighted by atomic mass is 9.60. The first-order valence-corrected chi connectivity index (χ1v) is 5.63. The second kappa shape index (κ2) is 2.75. The molecule has 2 rings (SSSR count). The van der Waals surface area contributed by atoms with E-state index in [2.05, 4.69) is 20.8 Å². The van der Waals surface area contributed by atoms with Crippen molar-refractivity contribution in [3.8, 4) is 0 Å². The highest BCUT2D eigenvalue weighted by atomic mass is 14.5. The normalized spacial score (nSPS) is 51.8. The van der Waals surface area contributed by atoms with Gasteiger partial charge in [-0.2, -0.15) is 0 Å². The zero-order chi connectivity index (χ0) is 8.77. The highest BCUT2D eigenvalue weighted by Crippen LogP contribution is 2.56. The SMILES string of the molecule is CCC1CC(C)(CC2CC2C)C1. The second-order valence-corrected chi connectivity index (χ2v) is 5.67. The molecule has 2 atom stereocenters. The van der Waals surface area contributed by atoms with Crippen LogP contribution in [0.2, 0.25) is 0 Å². The summed E-state index contributed by atoms with van der Waals surface area (Å²) in [5, 5.41) is 0. The fourth-order valence-corrected chi connectivity index (χ4v) is 3.11. The van der Waals surface area contributed by atoms with Gasteiger partial charge in [-0.15, -0.1) is 0 Å². The van der Waals surface area contributed by atoms with Crippen molar-refractivity contribution in [2.75, 3.05) is 0 Å². The van der Waals surface area contributed by atoms with Crippen LogP contribution in [0, 0.1) is 23.2 Å². The number of hydrogen-bond acceptors (Lipinski definition) is 0. The van der Waals surface area contributed by atoms with Gasteiger partial charge in [-0.3, -0.25) is 0 Å². The van der Waals surface area contributed by atoms with Crippen LogP contribution in [0.4, 0.5) is 0 Å². The maximum Gasteiger partial charge on any atom is -0.0318 e. The molecule has 2 aliphatic carbocycles. The monoisotopic (exact) mass is 166 g/mol. The maximum atomic E-state index is 2.50. The third-order valence-corrected chi connectivity index (χ3v) is 4.17. The molecule has 0 N–H and O–H groups in total. The predicted molar refractivity (Wildman–Crippen MR) is 53.0 cm³/mol. The van der Waals surface area contributed by atoms with E-state index in [1.165, 1.54) is 32.1 Å². The second-order valence-electron chi connectivity index (χ2n) is 5.67. The number of rotatable bonds is 3. The standard InChI is InChI=1S/C12H22/c1-4-10-6-12(3,7-10)8-11-5-9(11)2/h9-11H,4-8H2,1-3H3. The molecule has 0 heterocycles. The third-order valence-electron chi connectivity index (χ3n) is 4.17. The Morgan fingerprint density at radius 1 is 1.33 bits per heavy atom. The molecule has 12 heavy (non-hydrogen) atoms. The van der Waals surface area contributed by atoms with Crippen LogP contribution in [0.3, 0.4) is 0 Å². The molecule has 0 aromatic carbocycles. The fourth-order valence-electron chi connectivity index (χ4n) is 3.11. The molecule has 0 aromatic heterocycles. The van der Waals surface area contributed by atoms with Gasteiger partial charge in [0.05, 0.1) is 0 Å². The molecule has 2 saturated carbocycles. The fraction of sp³-hybridized carbons (Fsp3) is 1.00. The van der Waals surface area contributed by atoms with E-state index < -0.39 is 0 Å². The van der Waals surface area contributed by atoms with Crippen LogP contribution in [-0.2, 0) is 0 Å². The summed E-state index contributed by atoms with van der Waals surface area (Å²) in [5.74, 6) is 3.24. The summed E-state index contributed by atoms with van der Waals surface area (Å²) < 4.78 is 0. The van der Waals surface area contributed by atoms with Gasteiger partial charge in [-0.05, 0) is 48.9 Å². The van der Waals surface area contributed by atoms with E-state index in [1.807, 2.05) is 0 Å². The average molecular weight is 166 g/mol. The van der Waals surface area contributed by atoms with Crippen LogP contribution in [0.5, 0.6) is 0 Å². The van der Waals surface area contributed by atoms with Crippen molar-refractivity contribution in [3.05, 3.63) is 0 Å². The van der Waals surface area contributed by atoms with Gasteiger partial charge in [0.2, 0.25) is 0 Å². The summed E-state index contributed by atoms with van der Waals surface area (Å²) in [6.45, 7) is 7.25. The molecule has 0 aromatic rings. The lowest BCUT2D eigenvalue weighted by Crippen LogP contribution is -2.34. The van der Waals surface area contributed by atoms with E-state index in [0.717, 1.165) is 23.2 Å². The van der Waals surface area contributed by atoms with Gasteiger partial charge in [0.15, 0.2) is 0 Å². The van der Waals surface area contributed by atoms with E-state index in [9.17, 15) is 0 Å². The van der Waals surface area contributed by atoms with Gasteiger partial charge < -0.3 is 0 Å². The molecule has 2 aliphatic rings. The van der Waals surface area contributed by atoms with Crippen molar-refractivity contribution < 1.29 is 0 Å². The van der Waals surface area contributed by atoms with Crippen LogP contribution in [0.15, 0.2) is 0 Å². The molecule has 0 saturated heterocycles. The Bertz CT molecular complexity index is 165. The zero-order valence-electron chi connectivity index (χ0n) is 8.77. The van der Waals surface area contributed by atoms with Gasteiger partial charge in [-0.25, -0.2) is 0 Å². The van der Waals surface area contributed by atoms with E-state index in [4.69, 9.17) is 0 Å². The van der Waals surface area contributed by atoms with Gasteiger partial charge in [-0.1, -0.05) is 27.2 Å². The first-order chi connectivity index (χ1) is 5.63. The van der Waals surface area contributed by atoms with Crippen molar-refractivity contribution >= 4 is 0 Å². The highest BCUT2D eigenvalue weighted by Gasteiger charge is 2.45. The molecule has 0 bridgehead atoms.